The molecule has 0 atom stereocenters. The van der Waals surface area contributed by atoms with E-state index < -0.39 is 283 Å². The Morgan fingerprint density at radius 3 is 0.452 bits per heavy atom. The van der Waals surface area contributed by atoms with Gasteiger partial charge in [-0.2, -0.15) is 140 Å². The summed E-state index contributed by atoms with van der Waals surface area (Å²) >= 11 is 0. The van der Waals surface area contributed by atoms with E-state index >= 15 is 0 Å². The lowest BCUT2D eigenvalue weighted by molar-refractivity contribution is -0.374. The summed E-state index contributed by atoms with van der Waals surface area (Å²) in [6.45, 7) is -20.3. The average Bonchev–Trinajstić information content (AvgIpc) is 0.763. The van der Waals surface area contributed by atoms with Gasteiger partial charge in [0.25, 0.3) is 0 Å². The van der Waals surface area contributed by atoms with Crippen molar-refractivity contribution < 1.29 is 217 Å². The zero-order valence-corrected chi connectivity index (χ0v) is 53.1. The number of hydrogen-bond acceptors (Lipinski definition) is 18. The van der Waals surface area contributed by atoms with Crippen LogP contribution < -0.4 is 0 Å². The quantitative estimate of drug-likeness (QED) is 0.0239. The minimum atomic E-state index is -7.34. The second-order valence-electron chi connectivity index (χ2n) is 22.0. The third-order valence-corrected chi connectivity index (χ3v) is 13.1. The molecule has 602 valence electrons. The minimum absolute atomic E-state index is 0.268. The SMILES string of the molecule is C=C(C)C(=O)OCC(F)(F)C(F)(F)C(F)(F)C(F)(F)COC(=O)CCN(CCC(=O)OCC(F)(F)C(F)(F)C(F)(F)C(F)(F)COC(=O)C(=C)C)CCN(CCC(=O)OCC(F)(F)C(F)(F)C(F)(F)C(F)(F)COC(=O)C(=C)C)CCC(=O)OCC(F)(F)C(F)(F)C(F)(F)C(F)(F)COC(=O)C(=C)C. The fourth-order valence-corrected chi connectivity index (χ4v) is 6.60. The number of alkyl halides is 32. The average molecular weight is 1600 g/mol. The summed E-state index contributed by atoms with van der Waals surface area (Å²) in [5.41, 5.74) is -3.36. The Balaban J connectivity index is 7.53. The summed E-state index contributed by atoms with van der Waals surface area (Å²) in [5.74, 6) is -128. The molecule has 0 bridgehead atoms. The Labute approximate surface area is 562 Å². The summed E-state index contributed by atoms with van der Waals surface area (Å²) in [6.07, 6.45) is -7.11. The highest BCUT2D eigenvalue weighted by Crippen LogP contribution is 2.57. The van der Waals surface area contributed by atoms with Gasteiger partial charge in [0.2, 0.25) is 0 Å². The molecule has 50 heteroatoms. The molecule has 18 nitrogen and oxygen atoms in total. The van der Waals surface area contributed by atoms with Crippen LogP contribution in [0.25, 0.3) is 0 Å². The van der Waals surface area contributed by atoms with Crippen molar-refractivity contribution in [3.05, 3.63) is 48.6 Å². The molecule has 0 saturated carbocycles. The van der Waals surface area contributed by atoms with E-state index in [0.717, 1.165) is 0 Å². The van der Waals surface area contributed by atoms with E-state index in [4.69, 9.17) is 0 Å². The smallest absolute Gasteiger partial charge is 0.381 e. The third kappa shape index (κ3) is 23.0. The molecule has 0 spiro atoms. The molecular weight excluding hydrogens is 1540 g/mol. The number of ether oxygens (including phenoxy) is 8. The molecule has 0 unspecified atom stereocenters. The first-order valence-corrected chi connectivity index (χ1v) is 27.7. The van der Waals surface area contributed by atoms with Crippen molar-refractivity contribution in [1.29, 1.82) is 0 Å². The third-order valence-electron chi connectivity index (χ3n) is 13.1. The Bertz CT molecular complexity index is 2710. The van der Waals surface area contributed by atoms with Crippen molar-refractivity contribution in [3.8, 4) is 0 Å². The van der Waals surface area contributed by atoms with Gasteiger partial charge in [-0.25, -0.2) is 19.2 Å². The molecule has 0 amide bonds. The zero-order valence-electron chi connectivity index (χ0n) is 53.1. The van der Waals surface area contributed by atoms with Crippen molar-refractivity contribution in [3.63, 3.8) is 0 Å². The first-order valence-electron chi connectivity index (χ1n) is 27.7. The summed E-state index contributed by atoms with van der Waals surface area (Å²) in [6, 6.07) is 0. The number of esters is 8. The Morgan fingerprint density at radius 2 is 0.337 bits per heavy atom. The van der Waals surface area contributed by atoms with Gasteiger partial charge in [0.05, 0.1) is 25.7 Å². The van der Waals surface area contributed by atoms with Crippen LogP contribution in [-0.2, 0) is 76.3 Å². The van der Waals surface area contributed by atoms with Gasteiger partial charge < -0.3 is 47.7 Å². The Kier molecular flexibility index (Phi) is 32.2. The molecular formula is C54H56F32N2O16. The van der Waals surface area contributed by atoms with Crippen molar-refractivity contribution in [2.75, 3.05) is 92.1 Å². The maximum atomic E-state index is 14.7. The summed E-state index contributed by atoms with van der Waals surface area (Å²) in [4.78, 5) is 96.6. The number of halogens is 32. The second kappa shape index (κ2) is 34.8. The number of hydrogen-bond donors (Lipinski definition) is 0. The van der Waals surface area contributed by atoms with Crippen LogP contribution in [-0.4, -0.2) is 244 Å². The fourth-order valence-electron chi connectivity index (χ4n) is 6.60. The maximum absolute atomic E-state index is 14.7. The first kappa shape index (κ1) is 96.4. The Morgan fingerprint density at radius 1 is 0.221 bits per heavy atom. The summed E-state index contributed by atoms with van der Waals surface area (Å²) in [5, 5.41) is 0. The highest BCUT2D eigenvalue weighted by molar-refractivity contribution is 5.88. The fraction of sp³-hybridized carbons (Fsp3) is 0.704. The highest BCUT2D eigenvalue weighted by Gasteiger charge is 2.84. The molecule has 0 N–H and O–H groups in total. The van der Waals surface area contributed by atoms with Crippen LogP contribution in [0.2, 0.25) is 0 Å². The van der Waals surface area contributed by atoms with E-state index in [1.807, 2.05) is 0 Å². The molecule has 0 aliphatic rings. The summed E-state index contributed by atoms with van der Waals surface area (Å²) < 4.78 is 493. The molecule has 0 saturated heterocycles. The topological polar surface area (TPSA) is 217 Å². The zero-order chi connectivity index (χ0) is 82.5. The predicted molar refractivity (Wildman–Crippen MR) is 277 cm³/mol. The van der Waals surface area contributed by atoms with E-state index in [0.29, 0.717) is 27.7 Å². The van der Waals surface area contributed by atoms with Crippen LogP contribution in [0.4, 0.5) is 140 Å². The van der Waals surface area contributed by atoms with Gasteiger partial charge in [-0.3, -0.25) is 19.2 Å². The molecule has 0 aliphatic carbocycles. The molecule has 0 radical (unpaired) electrons. The monoisotopic (exact) mass is 1600 g/mol. The molecule has 0 aromatic rings. The lowest BCUT2D eigenvalue weighted by atomic mass is 9.99. The minimum Gasteiger partial charge on any atom is -0.459 e. The van der Waals surface area contributed by atoms with Crippen molar-refractivity contribution in [1.82, 2.24) is 9.80 Å². The highest BCUT2D eigenvalue weighted by atomic mass is 19.4. The lowest BCUT2D eigenvalue weighted by Gasteiger charge is -2.36. The van der Waals surface area contributed by atoms with E-state index in [9.17, 15) is 179 Å². The van der Waals surface area contributed by atoms with E-state index in [2.05, 4.69) is 64.2 Å². The number of carbonyl (C=O) groups is 8. The molecule has 104 heavy (non-hydrogen) atoms. The van der Waals surface area contributed by atoms with Crippen molar-refractivity contribution in [2.24, 2.45) is 0 Å². The molecule has 0 fully saturated rings. The van der Waals surface area contributed by atoms with Crippen LogP contribution in [0, 0.1) is 0 Å². The normalized spacial score (nSPS) is 13.9. The number of carbonyl (C=O) groups excluding carboxylic acids is 8. The largest absolute Gasteiger partial charge is 0.459 e. The van der Waals surface area contributed by atoms with Crippen LogP contribution in [0.1, 0.15) is 53.4 Å². The van der Waals surface area contributed by atoms with E-state index in [1.165, 1.54) is 0 Å². The van der Waals surface area contributed by atoms with Gasteiger partial charge in [-0.1, -0.05) is 26.3 Å². The van der Waals surface area contributed by atoms with Crippen LogP contribution in [0.5, 0.6) is 0 Å². The van der Waals surface area contributed by atoms with E-state index in [-0.39, 0.29) is 9.80 Å². The number of rotatable bonds is 47. The van der Waals surface area contributed by atoms with Crippen LogP contribution in [0.3, 0.4) is 0 Å². The van der Waals surface area contributed by atoms with Crippen LogP contribution in [0.15, 0.2) is 48.6 Å². The maximum Gasteiger partial charge on any atom is 0.381 e. The standard InChI is InChI=1S/C54H56F32N2O16/c1-27(2)35(93)101-23-43(63,64)51(79,80)47(71,72)39(55,56)19-97-31(89)9-13-87(14-10-32(90)98-20-40(57,58)48(73,74)52(81,82)44(65,66)24-102-36(94)28(3)4)17-18-88(15-11-33(91)99-21-41(59,60)49(75,76)53(83,84)45(67,68)25-103-37(95)29(5)6)16-12-34(92)100-22-42(61,62)50(77,78)54(85,86)46(69,70)26-104-38(96)30(7)8/h1,3,5,7,9-26H2,2,4,6,8H3. The van der Waals surface area contributed by atoms with Gasteiger partial charge in [-0.05, 0) is 27.7 Å². The van der Waals surface area contributed by atoms with Crippen molar-refractivity contribution >= 4 is 47.8 Å². The van der Waals surface area contributed by atoms with Crippen LogP contribution >= 0.6 is 0 Å². The van der Waals surface area contributed by atoms with Gasteiger partial charge in [0, 0.05) is 61.6 Å². The molecule has 0 aliphatic heterocycles. The van der Waals surface area contributed by atoms with Gasteiger partial charge in [0.1, 0.15) is 0 Å². The number of nitrogens with zero attached hydrogens (tertiary/aromatic N) is 2. The van der Waals surface area contributed by atoms with Gasteiger partial charge in [-0.15, -0.1) is 0 Å². The second-order valence-corrected chi connectivity index (χ2v) is 22.0. The Hall–Kier alpha value is -7.60. The van der Waals surface area contributed by atoms with Crippen molar-refractivity contribution in [2.45, 2.75) is 148 Å². The predicted octanol–water partition coefficient (Wildman–Crippen LogP) is 12.0. The molecule has 0 rings (SSSR count). The first-order chi connectivity index (χ1) is 46.2. The van der Waals surface area contributed by atoms with Gasteiger partial charge >= 0.3 is 143 Å². The summed E-state index contributed by atoms with van der Waals surface area (Å²) in [7, 11) is 0. The van der Waals surface area contributed by atoms with E-state index in [1.54, 1.807) is 0 Å². The van der Waals surface area contributed by atoms with Gasteiger partial charge in [0.15, 0.2) is 52.9 Å². The molecule has 0 aromatic heterocycles. The molecule has 0 aromatic carbocycles. The molecule has 0 heterocycles. The lowest BCUT2D eigenvalue weighted by Crippen LogP contribution is -2.64.